The molecular formula is C15H23N3O3S. The van der Waals surface area contributed by atoms with E-state index >= 15 is 0 Å². The van der Waals surface area contributed by atoms with Gasteiger partial charge in [-0.15, -0.1) is 0 Å². The second kappa shape index (κ2) is 7.21. The lowest BCUT2D eigenvalue weighted by Gasteiger charge is -2.39. The van der Waals surface area contributed by atoms with Gasteiger partial charge in [-0.1, -0.05) is 30.3 Å². The van der Waals surface area contributed by atoms with Gasteiger partial charge in [0.25, 0.3) is 0 Å². The lowest BCUT2D eigenvalue weighted by molar-refractivity contribution is -0.131. The van der Waals surface area contributed by atoms with Gasteiger partial charge in [-0.05, 0) is 26.1 Å². The number of nitrogens with one attached hydrogen (secondary N) is 1. The number of carbonyl (C=O) groups is 1. The largest absolute Gasteiger partial charge is 0.339 e. The van der Waals surface area contributed by atoms with Crippen molar-refractivity contribution < 1.29 is 13.2 Å². The van der Waals surface area contributed by atoms with E-state index in [4.69, 9.17) is 0 Å². The highest BCUT2D eigenvalue weighted by molar-refractivity contribution is 7.90. The smallest absolute Gasteiger partial charge is 0.239 e. The van der Waals surface area contributed by atoms with E-state index < -0.39 is 15.8 Å². The third-order valence-electron chi connectivity index (χ3n) is 4.07. The summed E-state index contributed by atoms with van der Waals surface area (Å²) in [6.45, 7) is 1.88. The van der Waals surface area contributed by atoms with Crippen LogP contribution in [-0.4, -0.2) is 69.6 Å². The number of sulfonamides is 1. The zero-order chi connectivity index (χ0) is 16.2. The van der Waals surface area contributed by atoms with Crippen molar-refractivity contribution in [2.75, 3.05) is 39.5 Å². The first-order valence-electron chi connectivity index (χ1n) is 7.34. The molecule has 7 heteroatoms. The van der Waals surface area contributed by atoms with Crippen LogP contribution in [0.2, 0.25) is 0 Å². The molecule has 0 spiro atoms. The topological polar surface area (TPSA) is 69.7 Å². The van der Waals surface area contributed by atoms with E-state index in [0.717, 1.165) is 13.0 Å². The number of carbonyl (C=O) groups excluding carboxylic acids is 1. The predicted molar refractivity (Wildman–Crippen MR) is 86.0 cm³/mol. The average molecular weight is 325 g/mol. The number of benzene rings is 1. The summed E-state index contributed by atoms with van der Waals surface area (Å²) >= 11 is 0. The molecule has 2 rings (SSSR count). The van der Waals surface area contributed by atoms with Crippen LogP contribution in [0.25, 0.3) is 0 Å². The Morgan fingerprint density at radius 3 is 2.59 bits per heavy atom. The maximum atomic E-state index is 12.2. The molecule has 1 aliphatic heterocycles. The number of amides is 1. The highest BCUT2D eigenvalue weighted by atomic mass is 32.2. The molecular weight excluding hydrogens is 302 g/mol. The first-order valence-corrected chi connectivity index (χ1v) is 8.99. The molecule has 0 bridgehead atoms. The standard InChI is InChI=1S/C15H23N3O3S/c1-16-22(20,21)12-15(19)18-9-8-17(2)14(11-18)10-13-6-4-3-5-7-13/h3-7,14,16H,8-12H2,1-2H3. The van der Waals surface area contributed by atoms with Gasteiger partial charge in [0.05, 0.1) is 0 Å². The Labute approximate surface area is 132 Å². The lowest BCUT2D eigenvalue weighted by atomic mass is 10.0. The third-order valence-corrected chi connectivity index (χ3v) is 5.32. The van der Waals surface area contributed by atoms with Crippen molar-refractivity contribution in [3.05, 3.63) is 35.9 Å². The molecule has 1 atom stereocenters. The number of hydrogen-bond donors (Lipinski definition) is 1. The van der Waals surface area contributed by atoms with Crippen molar-refractivity contribution in [3.8, 4) is 0 Å². The Morgan fingerprint density at radius 2 is 1.95 bits per heavy atom. The van der Waals surface area contributed by atoms with Crippen LogP contribution in [0.5, 0.6) is 0 Å². The minimum atomic E-state index is -3.51. The van der Waals surface area contributed by atoms with E-state index in [1.54, 1.807) is 4.90 Å². The minimum absolute atomic E-state index is 0.206. The van der Waals surface area contributed by atoms with Gasteiger partial charge in [0.2, 0.25) is 15.9 Å². The first kappa shape index (κ1) is 16.9. The SMILES string of the molecule is CNS(=O)(=O)CC(=O)N1CCN(C)C(Cc2ccccc2)C1. The Bertz CT molecular complexity index is 604. The van der Waals surface area contributed by atoms with E-state index in [-0.39, 0.29) is 11.9 Å². The fourth-order valence-corrected chi connectivity index (χ4v) is 3.26. The molecule has 1 aromatic carbocycles. The number of nitrogens with zero attached hydrogens (tertiary/aromatic N) is 2. The first-order chi connectivity index (χ1) is 10.4. The van der Waals surface area contributed by atoms with Crippen molar-refractivity contribution in [1.29, 1.82) is 0 Å². The summed E-state index contributed by atoms with van der Waals surface area (Å²) in [6.07, 6.45) is 0.847. The maximum absolute atomic E-state index is 12.2. The van der Waals surface area contributed by atoms with Crippen molar-refractivity contribution in [1.82, 2.24) is 14.5 Å². The van der Waals surface area contributed by atoms with Crippen LogP contribution in [-0.2, 0) is 21.2 Å². The molecule has 1 amide bonds. The molecule has 0 aromatic heterocycles. The number of hydrogen-bond acceptors (Lipinski definition) is 4. The third kappa shape index (κ3) is 4.53. The van der Waals surface area contributed by atoms with Crippen molar-refractivity contribution in [3.63, 3.8) is 0 Å². The quantitative estimate of drug-likeness (QED) is 0.822. The van der Waals surface area contributed by atoms with Gasteiger partial charge in [0.15, 0.2) is 0 Å². The van der Waals surface area contributed by atoms with Gasteiger partial charge in [-0.25, -0.2) is 13.1 Å². The monoisotopic (exact) mass is 325 g/mol. The summed E-state index contributed by atoms with van der Waals surface area (Å²) < 4.78 is 25.2. The van der Waals surface area contributed by atoms with Crippen LogP contribution in [0.3, 0.4) is 0 Å². The van der Waals surface area contributed by atoms with E-state index in [2.05, 4.69) is 21.8 Å². The number of rotatable bonds is 5. The molecule has 0 saturated carbocycles. The van der Waals surface area contributed by atoms with E-state index in [1.165, 1.54) is 12.6 Å². The van der Waals surface area contributed by atoms with Crippen molar-refractivity contribution in [2.45, 2.75) is 12.5 Å². The highest BCUT2D eigenvalue weighted by Gasteiger charge is 2.29. The number of piperazine rings is 1. The Morgan fingerprint density at radius 1 is 1.27 bits per heavy atom. The van der Waals surface area contributed by atoms with Gasteiger partial charge in [-0.3, -0.25) is 9.69 Å². The molecule has 1 fully saturated rings. The maximum Gasteiger partial charge on any atom is 0.239 e. The zero-order valence-corrected chi connectivity index (χ0v) is 13.8. The highest BCUT2D eigenvalue weighted by Crippen LogP contribution is 2.14. The molecule has 22 heavy (non-hydrogen) atoms. The lowest BCUT2D eigenvalue weighted by Crippen LogP contribution is -2.55. The van der Waals surface area contributed by atoms with E-state index in [9.17, 15) is 13.2 Å². The molecule has 0 radical (unpaired) electrons. The predicted octanol–water partition coefficient (Wildman–Crippen LogP) is -0.0791. The molecule has 0 aliphatic carbocycles. The van der Waals surface area contributed by atoms with Crippen molar-refractivity contribution >= 4 is 15.9 Å². The minimum Gasteiger partial charge on any atom is -0.339 e. The zero-order valence-electron chi connectivity index (χ0n) is 13.0. The van der Waals surface area contributed by atoms with Crippen LogP contribution in [0, 0.1) is 0 Å². The summed E-state index contributed by atoms with van der Waals surface area (Å²) in [6, 6.07) is 10.3. The molecule has 1 heterocycles. The van der Waals surface area contributed by atoms with Crippen LogP contribution in [0.4, 0.5) is 0 Å². The summed E-state index contributed by atoms with van der Waals surface area (Å²) in [5, 5.41) is 0. The average Bonchev–Trinajstić information content (AvgIpc) is 2.50. The second-order valence-corrected chi connectivity index (χ2v) is 7.55. The molecule has 1 N–H and O–H groups in total. The van der Waals surface area contributed by atoms with Crippen LogP contribution in [0.1, 0.15) is 5.56 Å². The van der Waals surface area contributed by atoms with Gasteiger partial charge >= 0.3 is 0 Å². The molecule has 1 saturated heterocycles. The molecule has 6 nitrogen and oxygen atoms in total. The Balaban J connectivity index is 2.00. The van der Waals surface area contributed by atoms with Crippen LogP contribution >= 0.6 is 0 Å². The fraction of sp³-hybridized carbons (Fsp3) is 0.533. The van der Waals surface area contributed by atoms with Crippen LogP contribution in [0.15, 0.2) is 30.3 Å². The van der Waals surface area contributed by atoms with Crippen molar-refractivity contribution in [2.24, 2.45) is 0 Å². The summed E-state index contributed by atoms with van der Waals surface area (Å²) in [4.78, 5) is 16.0. The van der Waals surface area contributed by atoms with Gasteiger partial charge in [-0.2, -0.15) is 0 Å². The van der Waals surface area contributed by atoms with Gasteiger partial charge in [0.1, 0.15) is 5.75 Å². The van der Waals surface area contributed by atoms with E-state index in [0.29, 0.717) is 13.1 Å². The second-order valence-electron chi connectivity index (χ2n) is 5.63. The molecule has 122 valence electrons. The normalized spacial score (nSPS) is 20.1. The Kier molecular flexibility index (Phi) is 5.55. The Hall–Kier alpha value is -1.44. The summed E-state index contributed by atoms with van der Waals surface area (Å²) in [5.74, 6) is -0.814. The van der Waals surface area contributed by atoms with Gasteiger partial charge in [0, 0.05) is 25.7 Å². The fourth-order valence-electron chi connectivity index (χ4n) is 2.61. The summed E-state index contributed by atoms with van der Waals surface area (Å²) in [5.41, 5.74) is 1.22. The molecule has 1 unspecified atom stereocenters. The summed E-state index contributed by atoms with van der Waals surface area (Å²) in [7, 11) is -0.147. The molecule has 1 aliphatic rings. The van der Waals surface area contributed by atoms with Gasteiger partial charge < -0.3 is 4.90 Å². The van der Waals surface area contributed by atoms with E-state index in [1.807, 2.05) is 25.2 Å². The molecule has 1 aromatic rings. The van der Waals surface area contributed by atoms with Crippen LogP contribution < -0.4 is 4.72 Å². The number of likely N-dealkylation sites (N-methyl/N-ethyl adjacent to an activating group) is 1.